The number of nitrogens with zero attached hydrogens (tertiary/aromatic N) is 2. The lowest BCUT2D eigenvalue weighted by Gasteiger charge is -2.04. The summed E-state index contributed by atoms with van der Waals surface area (Å²) in [7, 11) is 1.83. The van der Waals surface area contributed by atoms with Gasteiger partial charge in [-0.3, -0.25) is 10.1 Å². The van der Waals surface area contributed by atoms with Gasteiger partial charge in [-0.05, 0) is 6.54 Å². The predicted molar refractivity (Wildman–Crippen MR) is 50.4 cm³/mol. The standard InChI is InChI=1S/C8H14N4O/c1-3-9-6-7(13)11-8-10-4-5-12(8)2/h4-5,9H,3,6H2,1-2H3,(H,10,11,13). The fourth-order valence-corrected chi connectivity index (χ4v) is 0.893. The number of amides is 1. The van der Waals surface area contributed by atoms with Gasteiger partial charge in [-0.1, -0.05) is 6.92 Å². The summed E-state index contributed by atoms with van der Waals surface area (Å²) in [6, 6.07) is 0. The molecule has 1 heterocycles. The molecule has 0 radical (unpaired) electrons. The van der Waals surface area contributed by atoms with E-state index in [0.717, 1.165) is 6.54 Å². The van der Waals surface area contributed by atoms with Crippen molar-refractivity contribution in [3.63, 3.8) is 0 Å². The van der Waals surface area contributed by atoms with E-state index in [0.29, 0.717) is 12.5 Å². The van der Waals surface area contributed by atoms with Gasteiger partial charge in [0, 0.05) is 19.4 Å². The predicted octanol–water partition coefficient (Wildman–Crippen LogP) is -0.0319. The van der Waals surface area contributed by atoms with Crippen molar-refractivity contribution in [3.8, 4) is 0 Å². The van der Waals surface area contributed by atoms with Crippen LogP contribution in [0.4, 0.5) is 5.95 Å². The highest BCUT2D eigenvalue weighted by atomic mass is 16.2. The molecule has 1 aromatic heterocycles. The van der Waals surface area contributed by atoms with E-state index in [1.807, 2.05) is 14.0 Å². The van der Waals surface area contributed by atoms with E-state index in [4.69, 9.17) is 0 Å². The van der Waals surface area contributed by atoms with Gasteiger partial charge in [0.15, 0.2) is 0 Å². The molecule has 0 saturated carbocycles. The van der Waals surface area contributed by atoms with Crippen molar-refractivity contribution in [3.05, 3.63) is 12.4 Å². The van der Waals surface area contributed by atoms with E-state index in [1.165, 1.54) is 0 Å². The number of imidazole rings is 1. The summed E-state index contributed by atoms with van der Waals surface area (Å²) < 4.78 is 1.75. The molecule has 5 heteroatoms. The molecule has 0 aliphatic rings. The number of nitrogens with one attached hydrogen (secondary N) is 2. The Bertz CT molecular complexity index is 281. The van der Waals surface area contributed by atoms with Gasteiger partial charge in [-0.2, -0.15) is 0 Å². The third kappa shape index (κ3) is 2.87. The number of hydrogen-bond donors (Lipinski definition) is 2. The zero-order valence-corrected chi connectivity index (χ0v) is 7.87. The molecule has 0 saturated heterocycles. The molecule has 1 rings (SSSR count). The Kier molecular flexibility index (Phi) is 3.45. The summed E-state index contributed by atoms with van der Waals surface area (Å²) in [6.07, 6.45) is 3.42. The maximum absolute atomic E-state index is 11.2. The van der Waals surface area contributed by atoms with Crippen LogP contribution >= 0.6 is 0 Å². The molecular formula is C8H14N4O. The van der Waals surface area contributed by atoms with Gasteiger partial charge >= 0.3 is 0 Å². The van der Waals surface area contributed by atoms with Crippen molar-refractivity contribution < 1.29 is 4.79 Å². The molecule has 0 aliphatic carbocycles. The molecule has 5 nitrogen and oxygen atoms in total. The number of carbonyl (C=O) groups excluding carboxylic acids is 1. The number of likely N-dealkylation sites (N-methyl/N-ethyl adjacent to an activating group) is 1. The van der Waals surface area contributed by atoms with Crippen molar-refractivity contribution >= 4 is 11.9 Å². The molecule has 1 aromatic rings. The van der Waals surface area contributed by atoms with Gasteiger partial charge in [0.05, 0.1) is 6.54 Å². The van der Waals surface area contributed by atoms with Crippen LogP contribution < -0.4 is 10.6 Å². The minimum Gasteiger partial charge on any atom is -0.320 e. The van der Waals surface area contributed by atoms with Crippen molar-refractivity contribution in [2.24, 2.45) is 7.05 Å². The second-order valence-corrected chi connectivity index (χ2v) is 2.69. The van der Waals surface area contributed by atoms with Crippen molar-refractivity contribution in [2.45, 2.75) is 6.92 Å². The summed E-state index contributed by atoms with van der Waals surface area (Å²) in [4.78, 5) is 15.2. The first-order chi connectivity index (χ1) is 6.24. The average Bonchev–Trinajstić information content (AvgIpc) is 2.48. The highest BCUT2D eigenvalue weighted by molar-refractivity contribution is 5.90. The minimum atomic E-state index is -0.0730. The van der Waals surface area contributed by atoms with Gasteiger partial charge in [0.2, 0.25) is 11.9 Å². The van der Waals surface area contributed by atoms with Gasteiger partial charge in [-0.25, -0.2) is 4.98 Å². The number of aromatic nitrogens is 2. The quantitative estimate of drug-likeness (QED) is 0.687. The van der Waals surface area contributed by atoms with Gasteiger partial charge < -0.3 is 9.88 Å². The third-order valence-electron chi connectivity index (χ3n) is 1.61. The highest BCUT2D eigenvalue weighted by Gasteiger charge is 2.03. The van der Waals surface area contributed by atoms with Crippen LogP contribution in [0.15, 0.2) is 12.4 Å². The second-order valence-electron chi connectivity index (χ2n) is 2.69. The largest absolute Gasteiger partial charge is 0.320 e. The minimum absolute atomic E-state index is 0.0730. The Morgan fingerprint density at radius 1 is 1.69 bits per heavy atom. The summed E-state index contributed by atoms with van der Waals surface area (Å²) in [5.74, 6) is 0.499. The van der Waals surface area contributed by atoms with E-state index in [2.05, 4.69) is 15.6 Å². The molecule has 0 aromatic carbocycles. The van der Waals surface area contributed by atoms with E-state index in [-0.39, 0.29) is 5.91 Å². The Labute approximate surface area is 77.2 Å². The summed E-state index contributed by atoms with van der Waals surface area (Å²) in [5.41, 5.74) is 0. The van der Waals surface area contributed by atoms with Crippen LogP contribution in [0, 0.1) is 0 Å². The van der Waals surface area contributed by atoms with E-state index < -0.39 is 0 Å². The first-order valence-corrected chi connectivity index (χ1v) is 4.22. The van der Waals surface area contributed by atoms with Crippen LogP contribution in [0.3, 0.4) is 0 Å². The normalized spacial score (nSPS) is 10.0. The van der Waals surface area contributed by atoms with Crippen LogP contribution in [-0.4, -0.2) is 28.5 Å². The lowest BCUT2D eigenvalue weighted by Crippen LogP contribution is -2.28. The molecular weight excluding hydrogens is 168 g/mol. The van der Waals surface area contributed by atoms with Crippen LogP contribution in [-0.2, 0) is 11.8 Å². The molecule has 72 valence electrons. The Morgan fingerprint density at radius 2 is 2.46 bits per heavy atom. The molecule has 0 bridgehead atoms. The molecule has 0 aliphatic heterocycles. The maximum atomic E-state index is 11.2. The van der Waals surface area contributed by atoms with Gasteiger partial charge in [0.25, 0.3) is 0 Å². The zero-order chi connectivity index (χ0) is 9.68. The Morgan fingerprint density at radius 3 is 3.00 bits per heavy atom. The fraction of sp³-hybridized carbons (Fsp3) is 0.500. The van der Waals surface area contributed by atoms with Crippen molar-refractivity contribution in [1.29, 1.82) is 0 Å². The first-order valence-electron chi connectivity index (χ1n) is 4.22. The third-order valence-corrected chi connectivity index (χ3v) is 1.61. The van der Waals surface area contributed by atoms with Crippen LogP contribution in [0.5, 0.6) is 0 Å². The van der Waals surface area contributed by atoms with Crippen LogP contribution in [0.25, 0.3) is 0 Å². The van der Waals surface area contributed by atoms with Crippen molar-refractivity contribution in [1.82, 2.24) is 14.9 Å². The topological polar surface area (TPSA) is 59.0 Å². The second kappa shape index (κ2) is 4.61. The van der Waals surface area contributed by atoms with E-state index >= 15 is 0 Å². The highest BCUT2D eigenvalue weighted by Crippen LogP contribution is 1.99. The van der Waals surface area contributed by atoms with Crippen LogP contribution in [0.1, 0.15) is 6.92 Å². The molecule has 13 heavy (non-hydrogen) atoms. The summed E-state index contributed by atoms with van der Waals surface area (Å²) in [5, 5.41) is 5.61. The smallest absolute Gasteiger partial charge is 0.240 e. The molecule has 0 atom stereocenters. The number of anilines is 1. The monoisotopic (exact) mass is 182 g/mol. The van der Waals surface area contributed by atoms with E-state index in [9.17, 15) is 4.79 Å². The average molecular weight is 182 g/mol. The zero-order valence-electron chi connectivity index (χ0n) is 7.87. The molecule has 0 spiro atoms. The molecule has 0 fully saturated rings. The lowest BCUT2D eigenvalue weighted by molar-refractivity contribution is -0.115. The Balaban J connectivity index is 2.41. The molecule has 0 unspecified atom stereocenters. The molecule has 2 N–H and O–H groups in total. The van der Waals surface area contributed by atoms with Crippen molar-refractivity contribution in [2.75, 3.05) is 18.4 Å². The first kappa shape index (κ1) is 9.73. The summed E-state index contributed by atoms with van der Waals surface area (Å²) in [6.45, 7) is 3.06. The SMILES string of the molecule is CCNCC(=O)Nc1nccn1C. The molecule has 1 amide bonds. The van der Waals surface area contributed by atoms with Gasteiger partial charge in [-0.15, -0.1) is 0 Å². The number of rotatable bonds is 4. The lowest BCUT2D eigenvalue weighted by atomic mass is 10.5. The van der Waals surface area contributed by atoms with Gasteiger partial charge in [0.1, 0.15) is 0 Å². The number of aryl methyl sites for hydroxylation is 1. The van der Waals surface area contributed by atoms with Crippen LogP contribution in [0.2, 0.25) is 0 Å². The number of hydrogen-bond acceptors (Lipinski definition) is 3. The van der Waals surface area contributed by atoms with E-state index in [1.54, 1.807) is 17.0 Å². The fourth-order valence-electron chi connectivity index (χ4n) is 0.893. The Hall–Kier alpha value is -1.36. The summed E-state index contributed by atoms with van der Waals surface area (Å²) >= 11 is 0. The maximum Gasteiger partial charge on any atom is 0.240 e. The number of carbonyl (C=O) groups is 1.